The summed E-state index contributed by atoms with van der Waals surface area (Å²) in [6.45, 7) is 2.08. The highest BCUT2D eigenvalue weighted by Crippen LogP contribution is 2.23. The molecule has 2 aromatic carbocycles. The first-order valence-corrected chi connectivity index (χ1v) is 6.34. The Morgan fingerprint density at radius 2 is 1.85 bits per heavy atom. The number of nitrogens with one attached hydrogen (secondary N) is 2. The van der Waals surface area contributed by atoms with Gasteiger partial charge in [0, 0.05) is 5.69 Å². The highest BCUT2D eigenvalue weighted by Gasteiger charge is 2.02. The minimum absolute atomic E-state index is 0.330. The molecule has 0 heterocycles. The standard InChI is InChI=1S/C15H17N3O2/c1-2-20-15(19)18-17-14-8-4-6-12(10-14)11-5-3-7-13(16)9-11/h3-10,17H,2,16H2,1H3,(H,18,19). The average Bonchev–Trinajstić information content (AvgIpc) is 2.46. The third-order valence-electron chi connectivity index (χ3n) is 2.67. The normalized spacial score (nSPS) is 9.85. The maximum Gasteiger partial charge on any atom is 0.425 e. The molecule has 4 N–H and O–H groups in total. The van der Waals surface area contributed by atoms with Crippen molar-refractivity contribution in [2.45, 2.75) is 6.92 Å². The SMILES string of the molecule is CCOC(=O)NNc1cccc(-c2cccc(N)c2)c1. The maximum absolute atomic E-state index is 11.2. The zero-order valence-corrected chi connectivity index (χ0v) is 11.2. The zero-order valence-electron chi connectivity index (χ0n) is 11.2. The van der Waals surface area contributed by atoms with E-state index in [1.807, 2.05) is 48.5 Å². The predicted molar refractivity (Wildman–Crippen MR) is 80.1 cm³/mol. The second-order valence-electron chi connectivity index (χ2n) is 4.18. The molecule has 0 spiro atoms. The first-order valence-electron chi connectivity index (χ1n) is 6.34. The molecule has 1 amide bonds. The van der Waals surface area contributed by atoms with Crippen molar-refractivity contribution >= 4 is 17.5 Å². The summed E-state index contributed by atoms with van der Waals surface area (Å²) < 4.78 is 4.77. The number of amides is 1. The molecule has 0 saturated carbocycles. The molecule has 104 valence electrons. The Morgan fingerprint density at radius 3 is 2.55 bits per heavy atom. The topological polar surface area (TPSA) is 76.4 Å². The fraction of sp³-hybridized carbons (Fsp3) is 0.133. The van der Waals surface area contributed by atoms with Crippen LogP contribution in [0.1, 0.15) is 6.92 Å². The maximum atomic E-state index is 11.2. The number of carbonyl (C=O) groups excluding carboxylic acids is 1. The Hall–Kier alpha value is -2.69. The quantitative estimate of drug-likeness (QED) is 0.590. The van der Waals surface area contributed by atoms with Crippen LogP contribution in [0.2, 0.25) is 0 Å². The highest BCUT2D eigenvalue weighted by atomic mass is 16.5. The number of hydrazine groups is 1. The van der Waals surface area contributed by atoms with Crippen LogP contribution in [0.3, 0.4) is 0 Å². The predicted octanol–water partition coefficient (Wildman–Crippen LogP) is 3.01. The fourth-order valence-electron chi connectivity index (χ4n) is 1.79. The number of ether oxygens (including phenoxy) is 1. The van der Waals surface area contributed by atoms with Crippen LogP contribution >= 0.6 is 0 Å². The first kappa shape index (κ1) is 13.7. The minimum atomic E-state index is -0.512. The van der Waals surface area contributed by atoms with Crippen LogP contribution in [0.15, 0.2) is 48.5 Å². The van der Waals surface area contributed by atoms with Gasteiger partial charge in [-0.05, 0) is 42.3 Å². The van der Waals surface area contributed by atoms with Crippen molar-refractivity contribution in [3.05, 3.63) is 48.5 Å². The molecule has 0 aromatic heterocycles. The minimum Gasteiger partial charge on any atom is -0.449 e. The van der Waals surface area contributed by atoms with Gasteiger partial charge in [0.25, 0.3) is 0 Å². The van der Waals surface area contributed by atoms with Gasteiger partial charge < -0.3 is 10.5 Å². The van der Waals surface area contributed by atoms with Crippen molar-refractivity contribution in [2.24, 2.45) is 0 Å². The zero-order chi connectivity index (χ0) is 14.4. The van der Waals surface area contributed by atoms with Gasteiger partial charge in [-0.25, -0.2) is 10.2 Å². The van der Waals surface area contributed by atoms with Gasteiger partial charge in [-0.15, -0.1) is 0 Å². The van der Waals surface area contributed by atoms with E-state index in [-0.39, 0.29) is 0 Å². The summed E-state index contributed by atoms with van der Waals surface area (Å²) in [6.07, 6.45) is -0.512. The van der Waals surface area contributed by atoms with Gasteiger partial charge in [0.15, 0.2) is 0 Å². The highest BCUT2D eigenvalue weighted by molar-refractivity contribution is 5.73. The number of nitrogen functional groups attached to an aromatic ring is 1. The van der Waals surface area contributed by atoms with Crippen LogP contribution in [0.4, 0.5) is 16.2 Å². The number of benzene rings is 2. The number of carbonyl (C=O) groups is 1. The first-order chi connectivity index (χ1) is 9.69. The average molecular weight is 271 g/mol. The molecule has 2 rings (SSSR count). The smallest absolute Gasteiger partial charge is 0.425 e. The van der Waals surface area contributed by atoms with E-state index in [9.17, 15) is 4.79 Å². The van der Waals surface area contributed by atoms with E-state index in [2.05, 4.69) is 10.9 Å². The van der Waals surface area contributed by atoms with Gasteiger partial charge in [-0.2, -0.15) is 0 Å². The summed E-state index contributed by atoms with van der Waals surface area (Å²) in [4.78, 5) is 11.2. The third kappa shape index (κ3) is 3.65. The summed E-state index contributed by atoms with van der Waals surface area (Å²) in [6, 6.07) is 15.3. The molecule has 20 heavy (non-hydrogen) atoms. The van der Waals surface area contributed by atoms with Crippen molar-refractivity contribution in [3.8, 4) is 11.1 Å². The largest absolute Gasteiger partial charge is 0.449 e. The lowest BCUT2D eigenvalue weighted by Gasteiger charge is -2.10. The van der Waals surface area contributed by atoms with Gasteiger partial charge in [-0.3, -0.25) is 5.43 Å². The van der Waals surface area contributed by atoms with Crippen molar-refractivity contribution in [1.29, 1.82) is 0 Å². The van der Waals surface area contributed by atoms with Crippen LogP contribution in [0.5, 0.6) is 0 Å². The Kier molecular flexibility index (Phi) is 4.44. The molecule has 0 aliphatic carbocycles. The lowest BCUT2D eigenvalue weighted by molar-refractivity contribution is 0.154. The number of rotatable bonds is 4. The Morgan fingerprint density at radius 1 is 1.15 bits per heavy atom. The van der Waals surface area contributed by atoms with Crippen molar-refractivity contribution in [1.82, 2.24) is 5.43 Å². The second kappa shape index (κ2) is 6.47. The summed E-state index contributed by atoms with van der Waals surface area (Å²) in [5.41, 5.74) is 14.5. The van der Waals surface area contributed by atoms with E-state index in [4.69, 9.17) is 10.5 Å². The molecule has 0 radical (unpaired) electrons. The van der Waals surface area contributed by atoms with Crippen LogP contribution in [0, 0.1) is 0 Å². The van der Waals surface area contributed by atoms with Gasteiger partial charge >= 0.3 is 6.09 Å². The molecule has 5 heteroatoms. The van der Waals surface area contributed by atoms with E-state index in [1.54, 1.807) is 6.92 Å². The Labute approximate surface area is 117 Å². The monoisotopic (exact) mass is 271 g/mol. The second-order valence-corrected chi connectivity index (χ2v) is 4.18. The molecule has 0 aliphatic heterocycles. The molecule has 5 nitrogen and oxygen atoms in total. The van der Waals surface area contributed by atoms with Gasteiger partial charge in [0.1, 0.15) is 0 Å². The van der Waals surface area contributed by atoms with Gasteiger partial charge in [0.05, 0.1) is 12.3 Å². The van der Waals surface area contributed by atoms with E-state index in [0.29, 0.717) is 12.3 Å². The van der Waals surface area contributed by atoms with E-state index < -0.39 is 6.09 Å². The lowest BCUT2D eigenvalue weighted by atomic mass is 10.0. The molecule has 0 unspecified atom stereocenters. The van der Waals surface area contributed by atoms with Crippen molar-refractivity contribution < 1.29 is 9.53 Å². The molecule has 0 atom stereocenters. The Balaban J connectivity index is 2.10. The van der Waals surface area contributed by atoms with Crippen LogP contribution < -0.4 is 16.6 Å². The van der Waals surface area contributed by atoms with E-state index in [1.165, 1.54) is 0 Å². The number of hydrogen-bond acceptors (Lipinski definition) is 4. The number of nitrogens with two attached hydrogens (primary N) is 1. The van der Waals surface area contributed by atoms with Crippen molar-refractivity contribution in [3.63, 3.8) is 0 Å². The molecule has 2 aromatic rings. The van der Waals surface area contributed by atoms with Crippen LogP contribution in [-0.2, 0) is 4.74 Å². The van der Waals surface area contributed by atoms with Gasteiger partial charge in [-0.1, -0.05) is 24.3 Å². The van der Waals surface area contributed by atoms with E-state index in [0.717, 1.165) is 16.8 Å². The number of anilines is 2. The van der Waals surface area contributed by atoms with Gasteiger partial charge in [0.2, 0.25) is 0 Å². The molecule has 0 saturated heterocycles. The number of hydrogen-bond donors (Lipinski definition) is 3. The summed E-state index contributed by atoms with van der Waals surface area (Å²) in [5, 5.41) is 0. The lowest BCUT2D eigenvalue weighted by Crippen LogP contribution is -2.29. The third-order valence-corrected chi connectivity index (χ3v) is 2.67. The van der Waals surface area contributed by atoms with Crippen molar-refractivity contribution in [2.75, 3.05) is 17.8 Å². The summed E-state index contributed by atoms with van der Waals surface area (Å²) in [5.74, 6) is 0. The fourth-order valence-corrected chi connectivity index (χ4v) is 1.79. The summed E-state index contributed by atoms with van der Waals surface area (Å²) >= 11 is 0. The van der Waals surface area contributed by atoms with Crippen LogP contribution in [-0.4, -0.2) is 12.7 Å². The van der Waals surface area contributed by atoms with E-state index >= 15 is 0 Å². The summed E-state index contributed by atoms with van der Waals surface area (Å²) in [7, 11) is 0. The van der Waals surface area contributed by atoms with Crippen LogP contribution in [0.25, 0.3) is 11.1 Å². The Bertz CT molecular complexity index is 599. The molecule has 0 aliphatic rings. The molecular formula is C15H17N3O2. The molecular weight excluding hydrogens is 254 g/mol. The molecule has 0 fully saturated rings. The molecule has 0 bridgehead atoms.